The number of aromatic nitrogens is 3. The van der Waals surface area contributed by atoms with Gasteiger partial charge in [-0.05, 0) is 36.1 Å². The molecule has 3 aromatic rings. The van der Waals surface area contributed by atoms with E-state index >= 15 is 0 Å². The average Bonchev–Trinajstić information content (AvgIpc) is 3.21. The van der Waals surface area contributed by atoms with Gasteiger partial charge in [0.2, 0.25) is 11.9 Å². The van der Waals surface area contributed by atoms with E-state index in [1.54, 1.807) is 11.8 Å². The number of aliphatic carboxylic acids is 1. The standard InChI is InChI=1S/C23H25N5O4/c1-32-17-12-10-15(11-13-17)18-14-19(16-6-3-2-4-7-16)28-23(24-18)26-22(27-28)25-20(29)8-5-9-21(30)31/h2-4,6-7,10-13,18-19H,5,8-9,14H2,1H3,(H,30,31)(H2,24,25,26,27,29)/t18-,19-/m1/s1. The first-order valence-corrected chi connectivity index (χ1v) is 10.5. The summed E-state index contributed by atoms with van der Waals surface area (Å²) in [7, 11) is 1.64. The molecule has 9 heteroatoms. The van der Waals surface area contributed by atoms with E-state index < -0.39 is 5.97 Å². The molecule has 0 spiro atoms. The molecule has 0 aliphatic carbocycles. The molecule has 9 nitrogen and oxygen atoms in total. The number of ether oxygens (including phenoxy) is 1. The maximum atomic E-state index is 12.2. The average molecular weight is 435 g/mol. The number of methoxy groups -OCH3 is 1. The van der Waals surface area contributed by atoms with Crippen LogP contribution in [0.5, 0.6) is 5.75 Å². The molecule has 32 heavy (non-hydrogen) atoms. The second-order valence-corrected chi connectivity index (χ2v) is 7.63. The number of anilines is 2. The topological polar surface area (TPSA) is 118 Å². The van der Waals surface area contributed by atoms with Crippen molar-refractivity contribution in [2.75, 3.05) is 17.7 Å². The Labute approximate surface area is 185 Å². The van der Waals surface area contributed by atoms with Gasteiger partial charge < -0.3 is 15.2 Å². The van der Waals surface area contributed by atoms with Gasteiger partial charge in [-0.15, -0.1) is 5.10 Å². The van der Waals surface area contributed by atoms with Crippen molar-refractivity contribution in [1.29, 1.82) is 0 Å². The molecule has 0 bridgehead atoms. The molecule has 0 unspecified atom stereocenters. The number of carbonyl (C=O) groups is 2. The first kappa shape index (κ1) is 21.4. The van der Waals surface area contributed by atoms with Gasteiger partial charge >= 0.3 is 5.97 Å². The predicted octanol–water partition coefficient (Wildman–Crippen LogP) is 3.63. The lowest BCUT2D eigenvalue weighted by molar-refractivity contribution is -0.137. The first-order chi connectivity index (χ1) is 15.5. The van der Waals surface area contributed by atoms with E-state index in [2.05, 4.69) is 32.8 Å². The predicted molar refractivity (Wildman–Crippen MR) is 119 cm³/mol. The Kier molecular flexibility index (Phi) is 6.34. The summed E-state index contributed by atoms with van der Waals surface area (Å²) in [5.74, 6) is 0.321. The quantitative estimate of drug-likeness (QED) is 0.494. The Morgan fingerprint density at radius 2 is 1.88 bits per heavy atom. The van der Waals surface area contributed by atoms with E-state index in [-0.39, 0.29) is 43.2 Å². The highest BCUT2D eigenvalue weighted by atomic mass is 16.5. The van der Waals surface area contributed by atoms with E-state index in [1.165, 1.54) is 0 Å². The minimum atomic E-state index is -0.923. The molecule has 1 aromatic heterocycles. The number of fused-ring (bicyclic) bond motifs is 1. The molecule has 1 aliphatic rings. The molecular formula is C23H25N5O4. The van der Waals surface area contributed by atoms with Crippen LogP contribution in [-0.2, 0) is 9.59 Å². The van der Waals surface area contributed by atoms with Gasteiger partial charge in [0.05, 0.1) is 19.2 Å². The van der Waals surface area contributed by atoms with Crippen molar-refractivity contribution < 1.29 is 19.4 Å². The monoisotopic (exact) mass is 435 g/mol. The summed E-state index contributed by atoms with van der Waals surface area (Å²) >= 11 is 0. The molecule has 4 rings (SSSR count). The lowest BCUT2D eigenvalue weighted by Gasteiger charge is -2.31. The van der Waals surface area contributed by atoms with Crippen LogP contribution >= 0.6 is 0 Å². The van der Waals surface area contributed by atoms with Gasteiger partial charge in [-0.1, -0.05) is 42.5 Å². The summed E-state index contributed by atoms with van der Waals surface area (Å²) in [4.78, 5) is 27.3. The van der Waals surface area contributed by atoms with Gasteiger partial charge in [0.15, 0.2) is 0 Å². The number of hydrogen-bond acceptors (Lipinski definition) is 6. The van der Waals surface area contributed by atoms with Crippen LogP contribution in [-0.4, -0.2) is 38.9 Å². The Hall–Kier alpha value is -3.88. The van der Waals surface area contributed by atoms with Crippen molar-refractivity contribution in [3.8, 4) is 5.75 Å². The molecule has 2 heterocycles. The Bertz CT molecular complexity index is 1080. The third kappa shape index (κ3) is 4.88. The van der Waals surface area contributed by atoms with Crippen molar-refractivity contribution >= 4 is 23.8 Å². The van der Waals surface area contributed by atoms with Crippen molar-refractivity contribution in [3.63, 3.8) is 0 Å². The van der Waals surface area contributed by atoms with E-state index in [0.717, 1.165) is 23.3 Å². The highest BCUT2D eigenvalue weighted by Gasteiger charge is 2.31. The molecule has 0 fully saturated rings. The summed E-state index contributed by atoms with van der Waals surface area (Å²) in [6.07, 6.45) is 1.06. The van der Waals surface area contributed by atoms with Crippen LogP contribution in [0.2, 0.25) is 0 Å². The van der Waals surface area contributed by atoms with Crippen LogP contribution in [0.1, 0.15) is 48.9 Å². The number of carboxylic acid groups (broad SMARTS) is 1. The van der Waals surface area contributed by atoms with Crippen LogP contribution in [0.4, 0.5) is 11.9 Å². The summed E-state index contributed by atoms with van der Waals surface area (Å²) in [5, 5.41) is 19.4. The van der Waals surface area contributed by atoms with Crippen molar-refractivity contribution in [3.05, 3.63) is 65.7 Å². The van der Waals surface area contributed by atoms with Crippen molar-refractivity contribution in [2.24, 2.45) is 0 Å². The molecule has 3 N–H and O–H groups in total. The van der Waals surface area contributed by atoms with Gasteiger partial charge in [-0.2, -0.15) is 4.98 Å². The number of nitrogens with one attached hydrogen (secondary N) is 2. The van der Waals surface area contributed by atoms with Crippen molar-refractivity contribution in [2.45, 2.75) is 37.8 Å². The molecule has 1 aliphatic heterocycles. The highest BCUT2D eigenvalue weighted by molar-refractivity contribution is 5.89. The van der Waals surface area contributed by atoms with E-state index in [1.807, 2.05) is 42.5 Å². The SMILES string of the molecule is COc1ccc([C@H]2C[C@H](c3ccccc3)n3nc(NC(=O)CCCC(=O)O)nc3N2)cc1. The molecule has 166 valence electrons. The lowest BCUT2D eigenvalue weighted by atomic mass is 9.93. The molecule has 1 amide bonds. The number of hydrogen-bond donors (Lipinski definition) is 3. The zero-order chi connectivity index (χ0) is 22.5. The first-order valence-electron chi connectivity index (χ1n) is 10.5. The van der Waals surface area contributed by atoms with Gasteiger partial charge in [0, 0.05) is 12.8 Å². The van der Waals surface area contributed by atoms with Gasteiger partial charge in [0.1, 0.15) is 5.75 Å². The molecule has 2 aromatic carbocycles. The molecular weight excluding hydrogens is 410 g/mol. The van der Waals surface area contributed by atoms with Crippen LogP contribution < -0.4 is 15.4 Å². The van der Waals surface area contributed by atoms with E-state index in [9.17, 15) is 9.59 Å². The zero-order valence-electron chi connectivity index (χ0n) is 17.7. The van der Waals surface area contributed by atoms with Crippen LogP contribution in [0.25, 0.3) is 0 Å². The largest absolute Gasteiger partial charge is 0.497 e. The van der Waals surface area contributed by atoms with Crippen LogP contribution in [0.3, 0.4) is 0 Å². The fourth-order valence-electron chi connectivity index (χ4n) is 3.83. The molecule has 0 saturated heterocycles. The number of nitrogens with zero attached hydrogens (tertiary/aromatic N) is 3. The Morgan fingerprint density at radius 3 is 2.56 bits per heavy atom. The Morgan fingerprint density at radius 1 is 1.12 bits per heavy atom. The highest BCUT2D eigenvalue weighted by Crippen LogP contribution is 2.38. The maximum Gasteiger partial charge on any atom is 0.303 e. The fourth-order valence-corrected chi connectivity index (χ4v) is 3.83. The number of amides is 1. The van der Waals surface area contributed by atoms with Crippen LogP contribution in [0, 0.1) is 0 Å². The summed E-state index contributed by atoms with van der Waals surface area (Å²) in [6.45, 7) is 0. The third-order valence-electron chi connectivity index (χ3n) is 5.44. The minimum Gasteiger partial charge on any atom is -0.497 e. The van der Waals surface area contributed by atoms with Crippen molar-refractivity contribution in [1.82, 2.24) is 14.8 Å². The second kappa shape index (κ2) is 9.51. The van der Waals surface area contributed by atoms with Gasteiger partial charge in [0.25, 0.3) is 5.95 Å². The maximum absolute atomic E-state index is 12.2. The lowest BCUT2D eigenvalue weighted by Crippen LogP contribution is -2.28. The van der Waals surface area contributed by atoms with E-state index in [4.69, 9.17) is 9.84 Å². The second-order valence-electron chi connectivity index (χ2n) is 7.63. The summed E-state index contributed by atoms with van der Waals surface area (Å²) in [6, 6.07) is 17.9. The number of carbonyl (C=O) groups excluding carboxylic acids is 1. The minimum absolute atomic E-state index is 0.00179. The number of rotatable bonds is 8. The normalized spacial score (nSPS) is 17.2. The molecule has 0 radical (unpaired) electrons. The smallest absolute Gasteiger partial charge is 0.303 e. The van der Waals surface area contributed by atoms with Gasteiger partial charge in [-0.3, -0.25) is 14.9 Å². The summed E-state index contributed by atoms with van der Waals surface area (Å²) in [5.41, 5.74) is 2.19. The molecule has 2 atom stereocenters. The Balaban J connectivity index is 1.57. The van der Waals surface area contributed by atoms with Gasteiger partial charge in [-0.25, -0.2) is 4.68 Å². The number of benzene rings is 2. The number of carboxylic acids is 1. The zero-order valence-corrected chi connectivity index (χ0v) is 17.7. The molecule has 0 saturated carbocycles. The van der Waals surface area contributed by atoms with E-state index in [0.29, 0.717) is 5.95 Å². The summed E-state index contributed by atoms with van der Waals surface area (Å²) < 4.78 is 7.06. The van der Waals surface area contributed by atoms with Crippen LogP contribution in [0.15, 0.2) is 54.6 Å². The fraction of sp³-hybridized carbons (Fsp3) is 0.304. The third-order valence-corrected chi connectivity index (χ3v) is 5.44.